The monoisotopic (exact) mass is 652 g/mol. The van der Waals surface area contributed by atoms with Crippen molar-refractivity contribution in [3.8, 4) is 11.1 Å². The third-order valence-corrected chi connectivity index (χ3v) is 8.24. The summed E-state index contributed by atoms with van der Waals surface area (Å²) >= 11 is 0. The van der Waals surface area contributed by atoms with E-state index in [2.05, 4.69) is 0 Å². The first kappa shape index (κ1) is 11.8. The summed E-state index contributed by atoms with van der Waals surface area (Å²) in [6.07, 6.45) is -1.62. The van der Waals surface area contributed by atoms with Gasteiger partial charge in [-0.05, 0) is 102 Å². The SMILES string of the molecule is [2H]c1c([2H])c(Cc2c([2H])c([2H])c([2H])c3oc4c5c([2H])c([2H])c([2H])c([2H])c5c([2H])c([2H])c4c23)c([2H])c([2H])c1Cc1c2c([2H])c([2H])c([2H])c([2H])c2c(-c2c([2H])c([2H])c3c([2H])c([2H])c([2H])c([2H])c3c2[2H])c2c([2H])c([2H])c([2H])c([2H])c12. The minimum atomic E-state index is -0.912. The maximum atomic E-state index is 9.43. The van der Waals surface area contributed by atoms with Crippen LogP contribution in [0.2, 0.25) is 0 Å². The van der Waals surface area contributed by atoms with Crippen LogP contribution < -0.4 is 0 Å². The van der Waals surface area contributed by atoms with Crippen LogP contribution in [0.5, 0.6) is 0 Å². The minimum Gasteiger partial charge on any atom is -0.455 e. The normalized spacial score (nSPS) is 19.8. The lowest BCUT2D eigenvalue weighted by molar-refractivity contribution is 0.672. The molecule has 49 heavy (non-hydrogen) atoms. The van der Waals surface area contributed by atoms with Crippen molar-refractivity contribution < 1.29 is 42.8 Å². The molecule has 0 saturated heterocycles. The van der Waals surface area contributed by atoms with E-state index in [1.807, 2.05) is 0 Å². The summed E-state index contributed by atoms with van der Waals surface area (Å²) in [5.41, 5.74) is -3.77. The molecular weight excluding hydrogens is 593 g/mol. The quantitative estimate of drug-likeness (QED) is 0.169. The van der Waals surface area contributed by atoms with Crippen LogP contribution in [-0.2, 0) is 12.8 Å². The molecule has 0 aliphatic rings. The molecule has 0 aliphatic heterocycles. The van der Waals surface area contributed by atoms with Gasteiger partial charge in [-0.1, -0.05) is 151 Å². The molecule has 9 aromatic carbocycles. The van der Waals surface area contributed by atoms with E-state index in [-0.39, 0.29) is 32.7 Å². The maximum Gasteiger partial charge on any atom is 0.143 e. The number of furan rings is 1. The third-order valence-electron chi connectivity index (χ3n) is 8.24. The molecule has 0 amide bonds. The smallest absolute Gasteiger partial charge is 0.143 e. The van der Waals surface area contributed by atoms with Gasteiger partial charge in [0, 0.05) is 16.2 Å². The van der Waals surface area contributed by atoms with Crippen molar-refractivity contribution in [2.75, 3.05) is 0 Å². The van der Waals surface area contributed by atoms with Gasteiger partial charge in [-0.25, -0.2) is 0 Å². The summed E-state index contributed by atoms with van der Waals surface area (Å²) in [5.74, 6) is 0. The van der Waals surface area contributed by atoms with E-state index in [0.29, 0.717) is 0 Å². The van der Waals surface area contributed by atoms with Gasteiger partial charge in [-0.2, -0.15) is 0 Å². The average Bonchev–Trinajstić information content (AvgIpc) is 3.86. The van der Waals surface area contributed by atoms with Gasteiger partial charge in [0.05, 0.1) is 38.4 Å². The zero-order valence-corrected chi connectivity index (χ0v) is 24.8. The molecule has 1 aromatic heterocycles. The summed E-state index contributed by atoms with van der Waals surface area (Å²) in [4.78, 5) is 0. The van der Waals surface area contributed by atoms with Crippen LogP contribution in [0.1, 0.15) is 60.6 Å². The first-order chi connectivity index (χ1) is 35.9. The zero-order chi connectivity index (χ0) is 56.7. The Balaban J connectivity index is 1.28. The van der Waals surface area contributed by atoms with Crippen molar-refractivity contribution in [3.63, 3.8) is 0 Å². The molecular formula is C48H32O. The highest BCUT2D eigenvalue weighted by Crippen LogP contribution is 2.41. The fourth-order valence-corrected chi connectivity index (χ4v) is 6.09. The van der Waals surface area contributed by atoms with E-state index in [9.17, 15) is 13.7 Å². The Morgan fingerprint density at radius 2 is 1.02 bits per heavy atom. The molecule has 1 nitrogen and oxygen atoms in total. The van der Waals surface area contributed by atoms with Crippen molar-refractivity contribution in [2.45, 2.75) is 12.8 Å². The summed E-state index contributed by atoms with van der Waals surface area (Å²) < 4.78 is 255. The molecule has 10 aromatic rings. The van der Waals surface area contributed by atoms with Gasteiger partial charge in [0.2, 0.25) is 0 Å². The highest BCUT2D eigenvalue weighted by atomic mass is 16.3. The van der Waals surface area contributed by atoms with Crippen molar-refractivity contribution in [1.29, 1.82) is 0 Å². The molecule has 1 heteroatoms. The van der Waals surface area contributed by atoms with Gasteiger partial charge in [0.1, 0.15) is 11.2 Å². The van der Waals surface area contributed by atoms with E-state index < -0.39 is 248 Å². The maximum absolute atomic E-state index is 9.43. The Bertz CT molecular complexity index is 4370. The van der Waals surface area contributed by atoms with Crippen molar-refractivity contribution in [1.82, 2.24) is 0 Å². The number of fused-ring (bicyclic) bond motifs is 8. The van der Waals surface area contributed by atoms with Crippen LogP contribution in [0.15, 0.2) is 174 Å². The number of benzene rings is 9. The van der Waals surface area contributed by atoms with Crippen LogP contribution in [0, 0.1) is 0 Å². The molecule has 230 valence electrons. The highest BCUT2D eigenvalue weighted by Gasteiger charge is 2.17. The second kappa shape index (κ2) is 11.2. The molecule has 10 rings (SSSR count). The molecule has 0 radical (unpaired) electrons. The van der Waals surface area contributed by atoms with Crippen LogP contribution in [0.25, 0.3) is 76.2 Å². The van der Waals surface area contributed by atoms with Crippen LogP contribution in [-0.4, -0.2) is 0 Å². The fourth-order valence-electron chi connectivity index (χ4n) is 6.09. The summed E-state index contributed by atoms with van der Waals surface area (Å²) in [6, 6.07) is -22.3. The summed E-state index contributed by atoms with van der Waals surface area (Å²) in [5, 5.41) is -4.64. The lowest BCUT2D eigenvalue weighted by atomic mass is 9.86. The first-order valence-electron chi connectivity index (χ1n) is 28.8. The lowest BCUT2D eigenvalue weighted by Gasteiger charge is -2.18. The molecule has 0 unspecified atom stereocenters. The van der Waals surface area contributed by atoms with Gasteiger partial charge in [-0.3, -0.25) is 0 Å². The van der Waals surface area contributed by atoms with Crippen LogP contribution in [0.4, 0.5) is 0 Å². The van der Waals surface area contributed by atoms with Gasteiger partial charge in [-0.15, -0.1) is 0 Å². The van der Waals surface area contributed by atoms with Gasteiger partial charge >= 0.3 is 0 Å². The molecule has 0 spiro atoms. The van der Waals surface area contributed by atoms with Gasteiger partial charge < -0.3 is 4.42 Å². The molecule has 0 fully saturated rings. The zero-order valence-electron chi connectivity index (χ0n) is 52.8. The highest BCUT2D eigenvalue weighted by molar-refractivity contribution is 6.17. The first-order valence-corrected chi connectivity index (χ1v) is 14.8. The van der Waals surface area contributed by atoms with Crippen molar-refractivity contribution in [2.24, 2.45) is 0 Å². The fraction of sp³-hybridized carbons (Fsp3) is 0.0417. The van der Waals surface area contributed by atoms with Crippen molar-refractivity contribution >= 4 is 65.0 Å². The Labute approximate surface area is 324 Å². The lowest BCUT2D eigenvalue weighted by Crippen LogP contribution is -1.96. The Hall–Kier alpha value is -6.18. The number of hydrogen-bond acceptors (Lipinski definition) is 1. The van der Waals surface area contributed by atoms with Gasteiger partial charge in [0.25, 0.3) is 0 Å². The molecule has 0 N–H and O–H groups in total. The predicted octanol–water partition coefficient (Wildman–Crippen LogP) is 13.0. The van der Waals surface area contributed by atoms with Crippen LogP contribution >= 0.6 is 0 Å². The Morgan fingerprint density at radius 3 is 1.76 bits per heavy atom. The average molecular weight is 653 g/mol. The standard InChI is InChI=1S/C48H32O/c1-2-12-35-30-37(25-24-33(35)10-1)46-41-17-7-5-15-39(41)44(40-16-6-8-18-42(40)46)29-32-22-20-31(21-23-32)28-36-13-9-19-45-47(36)43-27-26-34-11-3-4-14-38(34)48(43)49-45/h1-27,30H,28-29H2/i1D,2D,3D,4D,5D,6D,7D,8D,9D,10D,11D,12D,13D,14D,15D,16D,17D,18D,19D,20D,21D,22D,23D,24D,25D,26D,27D,30D. The summed E-state index contributed by atoms with van der Waals surface area (Å²) in [6.45, 7) is 0. The number of hydrogen-bond donors (Lipinski definition) is 0. The Kier molecular flexibility index (Phi) is 2.69. The third kappa shape index (κ3) is 4.62. The topological polar surface area (TPSA) is 13.1 Å². The van der Waals surface area contributed by atoms with Gasteiger partial charge in [0.15, 0.2) is 0 Å². The van der Waals surface area contributed by atoms with E-state index in [1.54, 1.807) is 0 Å². The molecule has 0 atom stereocenters. The van der Waals surface area contributed by atoms with E-state index in [4.69, 9.17) is 29.1 Å². The molecule has 0 bridgehead atoms. The Morgan fingerprint density at radius 1 is 0.429 bits per heavy atom. The molecule has 1 heterocycles. The minimum absolute atomic E-state index is 0.253. The second-order valence-corrected chi connectivity index (χ2v) is 11.0. The van der Waals surface area contributed by atoms with Crippen molar-refractivity contribution in [3.05, 3.63) is 191 Å². The van der Waals surface area contributed by atoms with Crippen LogP contribution in [0.3, 0.4) is 0 Å². The summed E-state index contributed by atoms with van der Waals surface area (Å²) in [7, 11) is 0. The predicted molar refractivity (Wildman–Crippen MR) is 208 cm³/mol. The van der Waals surface area contributed by atoms with E-state index in [1.165, 1.54) is 0 Å². The molecule has 0 aliphatic carbocycles. The second-order valence-electron chi connectivity index (χ2n) is 11.0. The number of rotatable bonds is 5. The largest absolute Gasteiger partial charge is 0.455 e. The van der Waals surface area contributed by atoms with E-state index in [0.717, 1.165) is 0 Å². The molecule has 0 saturated carbocycles. The van der Waals surface area contributed by atoms with E-state index >= 15 is 0 Å².